The molecule has 0 aromatic heterocycles. The molecule has 4 rings (SSSR count). The van der Waals surface area contributed by atoms with Crippen molar-refractivity contribution in [2.45, 2.75) is 70.3 Å². The second-order valence-corrected chi connectivity index (χ2v) is 7.93. The van der Waals surface area contributed by atoms with Crippen LogP contribution in [-0.4, -0.2) is 16.9 Å². The maximum absolute atomic E-state index is 13.3. The molecule has 2 amide bonds. The van der Waals surface area contributed by atoms with Crippen LogP contribution in [0.1, 0.15) is 70.3 Å². The average molecular weight is 353 g/mol. The molecule has 2 fully saturated rings. The van der Waals surface area contributed by atoms with Gasteiger partial charge in [-0.1, -0.05) is 42.2 Å². The lowest BCUT2D eigenvalue weighted by molar-refractivity contribution is -0.143. The van der Waals surface area contributed by atoms with E-state index in [1.807, 2.05) is 18.2 Å². The zero-order chi connectivity index (χ0) is 18.3. The van der Waals surface area contributed by atoms with E-state index in [1.165, 1.54) is 42.2 Å². The predicted octanol–water partition coefficient (Wildman–Crippen LogP) is 4.22. The Bertz CT molecular complexity index is 773. The number of aliphatic hydroxyl groups is 1. The number of hydrogen-bond donors (Lipinski definition) is 1. The molecule has 1 aliphatic heterocycles. The third kappa shape index (κ3) is 2.54. The topological polar surface area (TPSA) is 57.6 Å². The summed E-state index contributed by atoms with van der Waals surface area (Å²) in [7, 11) is 0. The molecule has 26 heavy (non-hydrogen) atoms. The average Bonchev–Trinajstić information content (AvgIpc) is 2.91. The van der Waals surface area contributed by atoms with Crippen molar-refractivity contribution in [2.75, 3.05) is 4.90 Å². The van der Waals surface area contributed by atoms with Crippen molar-refractivity contribution in [1.29, 1.82) is 0 Å². The summed E-state index contributed by atoms with van der Waals surface area (Å²) in [6, 6.07) is 7.24. The molecule has 2 saturated carbocycles. The van der Waals surface area contributed by atoms with Gasteiger partial charge in [0.15, 0.2) is 5.60 Å². The van der Waals surface area contributed by atoms with Crippen LogP contribution >= 0.6 is 0 Å². The van der Waals surface area contributed by atoms with Gasteiger partial charge >= 0.3 is 0 Å². The summed E-state index contributed by atoms with van der Waals surface area (Å²) in [4.78, 5) is 26.6. The molecule has 3 aliphatic rings. The quantitative estimate of drug-likeness (QED) is 0.769. The van der Waals surface area contributed by atoms with Gasteiger partial charge in [0, 0.05) is 18.4 Å². The van der Waals surface area contributed by atoms with Crippen LogP contribution in [0.4, 0.5) is 5.69 Å². The van der Waals surface area contributed by atoms with Gasteiger partial charge in [-0.25, -0.2) is 4.90 Å². The van der Waals surface area contributed by atoms with Crippen LogP contribution in [0.3, 0.4) is 0 Å². The molecule has 0 bridgehead atoms. The first kappa shape index (κ1) is 17.5. The summed E-state index contributed by atoms with van der Waals surface area (Å²) in [5.41, 5.74) is 2.29. The number of nitrogens with zero attached hydrogens (tertiary/aromatic N) is 1. The van der Waals surface area contributed by atoms with Crippen LogP contribution in [-0.2, 0) is 15.2 Å². The zero-order valence-electron chi connectivity index (χ0n) is 15.5. The second kappa shape index (κ2) is 6.66. The molecule has 138 valence electrons. The van der Waals surface area contributed by atoms with Gasteiger partial charge in [-0.15, -0.1) is 0 Å². The number of rotatable bonds is 1. The van der Waals surface area contributed by atoms with Crippen molar-refractivity contribution in [3.05, 3.63) is 41.0 Å². The zero-order valence-corrected chi connectivity index (χ0v) is 15.5. The van der Waals surface area contributed by atoms with Gasteiger partial charge in [-0.2, -0.15) is 0 Å². The largest absolute Gasteiger partial charge is 0.375 e. The molecule has 0 saturated heterocycles. The van der Waals surface area contributed by atoms with Gasteiger partial charge in [0.05, 0.1) is 5.69 Å². The highest BCUT2D eigenvalue weighted by atomic mass is 16.3. The summed E-state index contributed by atoms with van der Waals surface area (Å²) in [6.45, 7) is 1.39. The van der Waals surface area contributed by atoms with Crippen LogP contribution in [0.2, 0.25) is 0 Å². The van der Waals surface area contributed by atoms with Crippen LogP contribution in [0.5, 0.6) is 0 Å². The number of amides is 2. The van der Waals surface area contributed by atoms with Gasteiger partial charge in [-0.3, -0.25) is 9.59 Å². The van der Waals surface area contributed by atoms with Crippen molar-refractivity contribution in [3.63, 3.8) is 0 Å². The number of fused-ring (bicyclic) bond motifs is 1. The molecule has 4 nitrogen and oxygen atoms in total. The summed E-state index contributed by atoms with van der Waals surface area (Å²) in [6.07, 6.45) is 9.77. The number of para-hydroxylation sites is 1. The predicted molar refractivity (Wildman–Crippen MR) is 101 cm³/mol. The molecule has 2 atom stereocenters. The molecule has 0 spiro atoms. The minimum absolute atomic E-state index is 0.206. The maximum atomic E-state index is 13.3. The smallest absolute Gasteiger partial charge is 0.271 e. The highest BCUT2D eigenvalue weighted by Gasteiger charge is 2.56. The van der Waals surface area contributed by atoms with Gasteiger partial charge in [-0.05, 0) is 51.0 Å². The van der Waals surface area contributed by atoms with Gasteiger partial charge in [0.2, 0.25) is 5.91 Å². The Morgan fingerprint density at radius 2 is 1.77 bits per heavy atom. The number of carbonyl (C=O) groups is 2. The number of hydrogen-bond acceptors (Lipinski definition) is 3. The summed E-state index contributed by atoms with van der Waals surface area (Å²) >= 11 is 0. The highest BCUT2D eigenvalue weighted by Crippen LogP contribution is 2.52. The number of carbonyl (C=O) groups excluding carboxylic acids is 2. The molecule has 1 aromatic rings. The van der Waals surface area contributed by atoms with Gasteiger partial charge < -0.3 is 5.11 Å². The van der Waals surface area contributed by atoms with Crippen LogP contribution in [0.25, 0.3) is 0 Å². The lowest BCUT2D eigenvalue weighted by Gasteiger charge is -2.38. The first-order valence-corrected chi connectivity index (χ1v) is 9.93. The normalized spacial score (nSPS) is 29.1. The second-order valence-electron chi connectivity index (χ2n) is 7.93. The SMILES string of the molecule is CC(=O)N1C(=O)C(O)(C2CCCCC2=C2CCCCC2)c2ccccc21. The van der Waals surface area contributed by atoms with Crippen LogP contribution in [0.15, 0.2) is 35.4 Å². The Morgan fingerprint density at radius 1 is 1.08 bits per heavy atom. The molecule has 2 unspecified atom stereocenters. The standard InChI is InChI=1S/C22H27NO3/c1-15(24)23-20-14-8-7-13-19(20)22(26,21(23)25)18-12-6-5-11-17(18)16-9-3-2-4-10-16/h7-8,13-14,18,26H,2-6,9-12H2,1H3. The molecule has 1 aromatic carbocycles. The lowest BCUT2D eigenvalue weighted by Crippen LogP contribution is -2.48. The summed E-state index contributed by atoms with van der Waals surface area (Å²) < 4.78 is 0. The molecular formula is C22H27NO3. The first-order valence-electron chi connectivity index (χ1n) is 9.93. The van der Waals surface area contributed by atoms with E-state index < -0.39 is 11.5 Å². The van der Waals surface area contributed by atoms with Crippen molar-refractivity contribution in [3.8, 4) is 0 Å². The van der Waals surface area contributed by atoms with E-state index >= 15 is 0 Å². The minimum Gasteiger partial charge on any atom is -0.375 e. The third-order valence-corrected chi connectivity index (χ3v) is 6.42. The Kier molecular flexibility index (Phi) is 4.47. The summed E-state index contributed by atoms with van der Waals surface area (Å²) in [5, 5.41) is 11.8. The molecule has 1 N–H and O–H groups in total. The number of imide groups is 1. The fourth-order valence-electron chi connectivity index (χ4n) is 5.23. The van der Waals surface area contributed by atoms with Crippen LogP contribution in [0, 0.1) is 5.92 Å². The molecule has 2 aliphatic carbocycles. The summed E-state index contributed by atoms with van der Waals surface area (Å²) in [5.74, 6) is -1.00. The van der Waals surface area contributed by atoms with E-state index in [1.54, 1.807) is 6.07 Å². The highest BCUT2D eigenvalue weighted by molar-refractivity contribution is 6.21. The van der Waals surface area contributed by atoms with Crippen LogP contribution < -0.4 is 4.90 Å². The van der Waals surface area contributed by atoms with E-state index in [9.17, 15) is 14.7 Å². The number of benzene rings is 1. The fourth-order valence-corrected chi connectivity index (χ4v) is 5.23. The van der Waals surface area contributed by atoms with E-state index in [4.69, 9.17) is 0 Å². The van der Waals surface area contributed by atoms with Crippen molar-refractivity contribution < 1.29 is 14.7 Å². The fraction of sp³-hybridized carbons (Fsp3) is 0.545. The number of allylic oxidation sites excluding steroid dienone is 1. The van der Waals surface area contributed by atoms with Gasteiger partial charge in [0.1, 0.15) is 0 Å². The molecule has 1 heterocycles. The van der Waals surface area contributed by atoms with Gasteiger partial charge in [0.25, 0.3) is 5.91 Å². The first-order chi connectivity index (χ1) is 12.5. The minimum atomic E-state index is -1.61. The Morgan fingerprint density at radius 3 is 2.50 bits per heavy atom. The van der Waals surface area contributed by atoms with E-state index in [0.717, 1.165) is 38.5 Å². The molecule has 4 heteroatoms. The van der Waals surface area contributed by atoms with E-state index in [0.29, 0.717) is 11.3 Å². The Labute approximate surface area is 154 Å². The number of anilines is 1. The Hall–Kier alpha value is -1.94. The van der Waals surface area contributed by atoms with E-state index in [-0.39, 0.29) is 11.8 Å². The van der Waals surface area contributed by atoms with Crippen molar-refractivity contribution in [1.82, 2.24) is 0 Å². The maximum Gasteiger partial charge on any atom is 0.271 e. The molecular weight excluding hydrogens is 326 g/mol. The van der Waals surface area contributed by atoms with Crippen molar-refractivity contribution in [2.24, 2.45) is 5.92 Å². The van der Waals surface area contributed by atoms with E-state index in [2.05, 4.69) is 0 Å². The monoisotopic (exact) mass is 353 g/mol. The lowest BCUT2D eigenvalue weighted by atomic mass is 9.68. The van der Waals surface area contributed by atoms with Crippen molar-refractivity contribution >= 4 is 17.5 Å². The Balaban J connectivity index is 1.84. The third-order valence-electron chi connectivity index (χ3n) is 6.42. The molecule has 0 radical (unpaired) electrons.